The molecule has 0 spiro atoms. The first kappa shape index (κ1) is 12.3. The van der Waals surface area contributed by atoms with Crippen molar-refractivity contribution < 1.29 is 14.3 Å². The van der Waals surface area contributed by atoms with Crippen molar-refractivity contribution in [1.82, 2.24) is 0 Å². The summed E-state index contributed by atoms with van der Waals surface area (Å²) in [5.74, 6) is 1.53. The molecule has 0 radical (unpaired) electrons. The SMILES string of the molecule is O=C(Cc1cccc2c1OCO2)N1CCc2ccccc21. The number of carbonyl (C=O) groups is 1. The molecule has 1 amide bonds. The Bertz CT molecular complexity index is 711. The van der Waals surface area contributed by atoms with Gasteiger partial charge in [-0.1, -0.05) is 30.3 Å². The second-order valence-electron chi connectivity index (χ2n) is 5.25. The van der Waals surface area contributed by atoms with Crippen molar-refractivity contribution in [3.05, 3.63) is 53.6 Å². The Morgan fingerprint density at radius 2 is 2.00 bits per heavy atom. The van der Waals surface area contributed by atoms with Gasteiger partial charge < -0.3 is 14.4 Å². The van der Waals surface area contributed by atoms with E-state index in [9.17, 15) is 4.79 Å². The van der Waals surface area contributed by atoms with Gasteiger partial charge in [0.2, 0.25) is 12.7 Å². The van der Waals surface area contributed by atoms with Gasteiger partial charge in [-0.25, -0.2) is 0 Å². The van der Waals surface area contributed by atoms with E-state index >= 15 is 0 Å². The fourth-order valence-corrected chi connectivity index (χ4v) is 2.99. The largest absolute Gasteiger partial charge is 0.454 e. The van der Waals surface area contributed by atoms with Crippen molar-refractivity contribution in [3.8, 4) is 11.5 Å². The maximum atomic E-state index is 12.6. The zero-order valence-electron chi connectivity index (χ0n) is 11.5. The number of hydrogen-bond donors (Lipinski definition) is 0. The highest BCUT2D eigenvalue weighted by atomic mass is 16.7. The molecule has 0 bridgehead atoms. The predicted molar refractivity (Wildman–Crippen MR) is 78.8 cm³/mol. The van der Waals surface area contributed by atoms with E-state index in [1.807, 2.05) is 41.3 Å². The van der Waals surface area contributed by atoms with Crippen LogP contribution in [-0.4, -0.2) is 19.2 Å². The summed E-state index contributed by atoms with van der Waals surface area (Å²) < 4.78 is 10.8. The minimum absolute atomic E-state index is 0.101. The van der Waals surface area contributed by atoms with E-state index in [4.69, 9.17) is 9.47 Å². The first-order chi connectivity index (χ1) is 10.3. The van der Waals surface area contributed by atoms with E-state index in [1.54, 1.807) is 0 Å². The van der Waals surface area contributed by atoms with Crippen LogP contribution in [0.5, 0.6) is 11.5 Å². The Labute approximate surface area is 122 Å². The molecule has 0 saturated heterocycles. The van der Waals surface area contributed by atoms with Gasteiger partial charge in [0.15, 0.2) is 11.5 Å². The highest BCUT2D eigenvalue weighted by Crippen LogP contribution is 2.36. The van der Waals surface area contributed by atoms with Crippen molar-refractivity contribution in [2.75, 3.05) is 18.2 Å². The van der Waals surface area contributed by atoms with Gasteiger partial charge in [-0.05, 0) is 24.1 Å². The predicted octanol–water partition coefficient (Wildman–Crippen LogP) is 2.55. The van der Waals surface area contributed by atoms with Gasteiger partial charge in [0.05, 0.1) is 6.42 Å². The van der Waals surface area contributed by atoms with Crippen LogP contribution in [0.4, 0.5) is 5.69 Å². The molecule has 0 fully saturated rings. The number of hydrogen-bond acceptors (Lipinski definition) is 3. The maximum absolute atomic E-state index is 12.6. The Morgan fingerprint density at radius 1 is 1.10 bits per heavy atom. The van der Waals surface area contributed by atoms with Crippen LogP contribution >= 0.6 is 0 Å². The minimum atomic E-state index is 0.101. The number of benzene rings is 2. The normalized spacial score (nSPS) is 15.1. The fourth-order valence-electron chi connectivity index (χ4n) is 2.99. The average Bonchev–Trinajstić information content (AvgIpc) is 3.14. The van der Waals surface area contributed by atoms with Gasteiger partial charge in [-0.2, -0.15) is 0 Å². The Morgan fingerprint density at radius 3 is 2.95 bits per heavy atom. The van der Waals surface area contributed by atoms with Gasteiger partial charge in [0, 0.05) is 17.8 Å². The number of anilines is 1. The second kappa shape index (κ2) is 4.81. The standard InChI is InChI=1S/C17H15NO3/c19-16(18-9-8-12-4-1-2-6-14(12)18)10-13-5-3-7-15-17(13)21-11-20-15/h1-7H,8-11H2. The third kappa shape index (κ3) is 2.03. The van der Waals surface area contributed by atoms with Gasteiger partial charge in [0.25, 0.3) is 0 Å². The Balaban J connectivity index is 1.59. The minimum Gasteiger partial charge on any atom is -0.454 e. The van der Waals surface area contributed by atoms with Crippen LogP contribution in [0, 0.1) is 0 Å². The van der Waals surface area contributed by atoms with Gasteiger partial charge in [-0.3, -0.25) is 4.79 Å². The van der Waals surface area contributed by atoms with Crippen molar-refractivity contribution in [2.24, 2.45) is 0 Å². The lowest BCUT2D eigenvalue weighted by Gasteiger charge is -2.17. The molecule has 2 aliphatic heterocycles. The quantitative estimate of drug-likeness (QED) is 0.849. The Kier molecular flexibility index (Phi) is 2.81. The molecule has 4 nitrogen and oxygen atoms in total. The average molecular weight is 281 g/mol. The smallest absolute Gasteiger partial charge is 0.231 e. The van der Waals surface area contributed by atoms with Crippen LogP contribution in [-0.2, 0) is 17.6 Å². The van der Waals surface area contributed by atoms with E-state index in [-0.39, 0.29) is 12.7 Å². The van der Waals surface area contributed by atoms with E-state index in [0.29, 0.717) is 12.2 Å². The molecule has 0 saturated carbocycles. The van der Waals surface area contributed by atoms with Crippen molar-refractivity contribution >= 4 is 11.6 Å². The van der Waals surface area contributed by atoms with Gasteiger partial charge in [0.1, 0.15) is 0 Å². The molecule has 0 aromatic heterocycles. The van der Waals surface area contributed by atoms with Crippen LogP contribution in [0.1, 0.15) is 11.1 Å². The molecule has 0 atom stereocenters. The number of carbonyl (C=O) groups excluding carboxylic acids is 1. The molecule has 0 N–H and O–H groups in total. The molecule has 106 valence electrons. The molecule has 2 aromatic carbocycles. The van der Waals surface area contributed by atoms with Gasteiger partial charge in [-0.15, -0.1) is 0 Å². The van der Waals surface area contributed by atoms with Crippen LogP contribution in [0.3, 0.4) is 0 Å². The summed E-state index contributed by atoms with van der Waals surface area (Å²) in [5.41, 5.74) is 3.16. The molecule has 4 heteroatoms. The summed E-state index contributed by atoms with van der Waals surface area (Å²) in [6.07, 6.45) is 1.26. The molecule has 4 rings (SSSR count). The second-order valence-corrected chi connectivity index (χ2v) is 5.25. The molecular weight excluding hydrogens is 266 g/mol. The zero-order valence-corrected chi connectivity index (χ0v) is 11.5. The van der Waals surface area contributed by atoms with Crippen LogP contribution in [0.25, 0.3) is 0 Å². The van der Waals surface area contributed by atoms with Crippen LogP contribution < -0.4 is 14.4 Å². The maximum Gasteiger partial charge on any atom is 0.231 e. The van der Waals surface area contributed by atoms with Crippen LogP contribution in [0.15, 0.2) is 42.5 Å². The molecule has 0 aliphatic carbocycles. The highest BCUT2D eigenvalue weighted by Gasteiger charge is 2.26. The summed E-state index contributed by atoms with van der Waals surface area (Å²) in [7, 11) is 0. The molecule has 2 aliphatic rings. The fraction of sp³-hybridized carbons (Fsp3) is 0.235. The first-order valence-electron chi connectivity index (χ1n) is 7.09. The third-order valence-corrected chi connectivity index (χ3v) is 4.01. The lowest BCUT2D eigenvalue weighted by atomic mass is 10.1. The summed E-state index contributed by atoms with van der Waals surface area (Å²) in [6.45, 7) is 0.984. The number of para-hydroxylation sites is 2. The lowest BCUT2D eigenvalue weighted by Crippen LogP contribution is -2.30. The van der Waals surface area contributed by atoms with E-state index < -0.39 is 0 Å². The van der Waals surface area contributed by atoms with Crippen molar-refractivity contribution in [3.63, 3.8) is 0 Å². The van der Waals surface area contributed by atoms with Gasteiger partial charge >= 0.3 is 0 Å². The summed E-state index contributed by atoms with van der Waals surface area (Å²) in [5, 5.41) is 0. The lowest BCUT2D eigenvalue weighted by molar-refractivity contribution is -0.117. The summed E-state index contributed by atoms with van der Waals surface area (Å²) >= 11 is 0. The number of amides is 1. The first-order valence-corrected chi connectivity index (χ1v) is 7.09. The monoisotopic (exact) mass is 281 g/mol. The van der Waals surface area contributed by atoms with Crippen molar-refractivity contribution in [2.45, 2.75) is 12.8 Å². The van der Waals surface area contributed by atoms with E-state index in [0.717, 1.165) is 30.0 Å². The molecule has 2 aromatic rings. The van der Waals surface area contributed by atoms with Crippen LogP contribution in [0.2, 0.25) is 0 Å². The zero-order chi connectivity index (χ0) is 14.2. The highest BCUT2D eigenvalue weighted by molar-refractivity contribution is 5.97. The Hall–Kier alpha value is -2.49. The topological polar surface area (TPSA) is 38.8 Å². The summed E-state index contributed by atoms with van der Waals surface area (Å²) in [6, 6.07) is 13.8. The number of ether oxygens (including phenoxy) is 2. The molecule has 2 heterocycles. The number of nitrogens with zero attached hydrogens (tertiary/aromatic N) is 1. The number of rotatable bonds is 2. The van der Waals surface area contributed by atoms with Crippen molar-refractivity contribution in [1.29, 1.82) is 0 Å². The molecule has 21 heavy (non-hydrogen) atoms. The summed E-state index contributed by atoms with van der Waals surface area (Å²) in [4.78, 5) is 14.5. The molecule has 0 unspecified atom stereocenters. The van der Waals surface area contributed by atoms with E-state index in [2.05, 4.69) is 6.07 Å². The van der Waals surface area contributed by atoms with E-state index in [1.165, 1.54) is 5.56 Å². The number of fused-ring (bicyclic) bond motifs is 2. The third-order valence-electron chi connectivity index (χ3n) is 4.01. The molecular formula is C17H15NO3.